The van der Waals surface area contributed by atoms with Gasteiger partial charge in [-0.15, -0.1) is 0 Å². The average molecular weight is 390 g/mol. The maximum Gasteiger partial charge on any atom is 0.286 e. The molecule has 1 amide bonds. The fraction of sp³-hybridized carbons (Fsp3) is 0.333. The molecule has 9 heteroatoms. The Hall–Kier alpha value is -1.38. The lowest BCUT2D eigenvalue weighted by atomic mass is 10.4. The molecule has 1 aromatic carbocycles. The van der Waals surface area contributed by atoms with Crippen molar-refractivity contribution in [1.29, 1.82) is 0 Å². The summed E-state index contributed by atoms with van der Waals surface area (Å²) in [6.45, 7) is 4.69. The van der Waals surface area contributed by atoms with Crippen LogP contribution in [0.2, 0.25) is 10.0 Å². The molecular formula is C15H17Cl2N3O3S. The first-order chi connectivity index (χ1) is 11.5. The van der Waals surface area contributed by atoms with Gasteiger partial charge in [-0.25, -0.2) is 10.5 Å². The number of anilines is 1. The molecule has 0 spiro atoms. The van der Waals surface area contributed by atoms with Gasteiger partial charge in [0.2, 0.25) is 0 Å². The van der Waals surface area contributed by atoms with E-state index in [1.807, 2.05) is 12.1 Å². The molecule has 1 saturated heterocycles. The van der Waals surface area contributed by atoms with Gasteiger partial charge >= 0.3 is 0 Å². The number of nitrogens with one attached hydrogen (secondary N) is 1. The van der Waals surface area contributed by atoms with E-state index in [0.29, 0.717) is 33.8 Å². The molecule has 0 radical (unpaired) electrons. The van der Waals surface area contributed by atoms with Crippen molar-refractivity contribution in [2.75, 3.05) is 31.2 Å². The van der Waals surface area contributed by atoms with Crippen LogP contribution in [0.1, 0.15) is 15.4 Å². The zero-order valence-electron chi connectivity index (χ0n) is 13.0. The van der Waals surface area contributed by atoms with Crippen LogP contribution in [-0.2, 0) is 4.74 Å². The number of hydrogen-bond acceptors (Lipinski definition) is 6. The Morgan fingerprint density at radius 2 is 1.88 bits per heavy atom. The highest BCUT2D eigenvalue weighted by Gasteiger charge is 2.19. The Labute approximate surface area is 153 Å². The topological polar surface area (TPSA) is 74.7 Å². The van der Waals surface area contributed by atoms with Crippen LogP contribution in [0, 0.1) is 6.92 Å². The number of nitrogens with zero attached hydrogens (tertiary/aromatic N) is 2. The summed E-state index contributed by atoms with van der Waals surface area (Å²) in [5.74, 6) is -0.505. The third kappa shape index (κ3) is 5.06. The van der Waals surface area contributed by atoms with E-state index in [1.165, 1.54) is 11.3 Å². The molecule has 3 rings (SSSR count). The minimum absolute atomic E-state index is 0.448. The summed E-state index contributed by atoms with van der Waals surface area (Å²) in [5, 5.41) is 10.6. The molecule has 6 nitrogen and oxygen atoms in total. The molecule has 0 unspecified atom stereocenters. The van der Waals surface area contributed by atoms with Gasteiger partial charge in [0, 0.05) is 13.1 Å². The zero-order chi connectivity index (χ0) is 17.5. The number of ether oxygens (including phenoxy) is 1. The molecule has 1 aliphatic heterocycles. The summed E-state index contributed by atoms with van der Waals surface area (Å²) in [6.07, 6.45) is 0. The highest BCUT2D eigenvalue weighted by atomic mass is 35.5. The Morgan fingerprint density at radius 1 is 1.29 bits per heavy atom. The van der Waals surface area contributed by atoms with Crippen molar-refractivity contribution in [3.63, 3.8) is 0 Å². The van der Waals surface area contributed by atoms with Gasteiger partial charge in [-0.2, -0.15) is 0 Å². The maximum atomic E-state index is 11.3. The smallest absolute Gasteiger partial charge is 0.286 e. The van der Waals surface area contributed by atoms with Crippen LogP contribution in [0.5, 0.6) is 0 Å². The number of carbonyl (C=O) groups is 1. The summed E-state index contributed by atoms with van der Waals surface area (Å²) in [5.41, 5.74) is 2.26. The van der Waals surface area contributed by atoms with Gasteiger partial charge in [-0.1, -0.05) is 46.7 Å². The molecule has 1 fully saturated rings. The van der Waals surface area contributed by atoms with Crippen molar-refractivity contribution < 1.29 is 14.7 Å². The SMILES string of the molecule is Cc1nc(N2CCOCC2)sc1C(=O)NO.Clc1ccccc1Cl. The van der Waals surface area contributed by atoms with E-state index >= 15 is 0 Å². The molecule has 0 saturated carbocycles. The van der Waals surface area contributed by atoms with Gasteiger partial charge in [0.15, 0.2) is 5.13 Å². The molecule has 0 bridgehead atoms. The van der Waals surface area contributed by atoms with Gasteiger partial charge in [-0.05, 0) is 19.1 Å². The number of hydrogen-bond donors (Lipinski definition) is 2. The number of aromatic nitrogens is 1. The van der Waals surface area contributed by atoms with Crippen LogP contribution in [0.25, 0.3) is 0 Å². The normalized spacial score (nSPS) is 13.9. The molecule has 130 valence electrons. The van der Waals surface area contributed by atoms with Crippen LogP contribution < -0.4 is 10.4 Å². The fourth-order valence-corrected chi connectivity index (χ4v) is 3.25. The predicted molar refractivity (Wildman–Crippen MR) is 95.6 cm³/mol. The standard InChI is InChI=1S/C9H13N3O3S.C6H4Cl2/c1-6-7(8(13)11-14)16-9(10-6)12-2-4-15-5-3-12;7-5-3-1-2-4-6(5)8/h14H,2-5H2,1H3,(H,11,13);1-4H. The third-order valence-corrected chi connectivity index (χ3v) is 5.17. The Bertz CT molecular complexity index is 669. The van der Waals surface area contributed by atoms with Crippen molar-refractivity contribution in [1.82, 2.24) is 10.5 Å². The lowest BCUT2D eigenvalue weighted by Gasteiger charge is -2.25. The van der Waals surface area contributed by atoms with Crippen molar-refractivity contribution >= 4 is 45.6 Å². The number of hydroxylamine groups is 1. The molecule has 0 atom stereocenters. The van der Waals surface area contributed by atoms with E-state index in [9.17, 15) is 4.79 Å². The molecular weight excluding hydrogens is 373 g/mol. The second kappa shape index (κ2) is 9.19. The van der Waals surface area contributed by atoms with E-state index in [1.54, 1.807) is 24.5 Å². The van der Waals surface area contributed by atoms with Crippen molar-refractivity contribution in [3.05, 3.63) is 44.9 Å². The minimum Gasteiger partial charge on any atom is -0.378 e. The van der Waals surface area contributed by atoms with Gasteiger partial charge in [0.25, 0.3) is 5.91 Å². The maximum absolute atomic E-state index is 11.3. The number of carbonyl (C=O) groups excluding carboxylic acids is 1. The van der Waals surface area contributed by atoms with Gasteiger partial charge in [-0.3, -0.25) is 10.0 Å². The summed E-state index contributed by atoms with van der Waals surface area (Å²) in [4.78, 5) is 18.1. The van der Waals surface area contributed by atoms with E-state index in [2.05, 4.69) is 9.88 Å². The van der Waals surface area contributed by atoms with Crippen molar-refractivity contribution in [2.45, 2.75) is 6.92 Å². The van der Waals surface area contributed by atoms with E-state index < -0.39 is 5.91 Å². The van der Waals surface area contributed by atoms with Crippen LogP contribution in [-0.4, -0.2) is 42.4 Å². The second-order valence-corrected chi connectivity index (χ2v) is 6.66. The van der Waals surface area contributed by atoms with E-state index in [4.69, 9.17) is 33.1 Å². The first-order valence-corrected chi connectivity index (χ1v) is 8.74. The highest BCUT2D eigenvalue weighted by Crippen LogP contribution is 2.26. The van der Waals surface area contributed by atoms with Crippen LogP contribution in [0.4, 0.5) is 5.13 Å². The highest BCUT2D eigenvalue weighted by molar-refractivity contribution is 7.17. The number of thiazole rings is 1. The van der Waals surface area contributed by atoms with Gasteiger partial charge < -0.3 is 9.64 Å². The quantitative estimate of drug-likeness (QED) is 0.607. The number of aryl methyl sites for hydroxylation is 1. The first-order valence-electron chi connectivity index (χ1n) is 7.17. The fourth-order valence-electron chi connectivity index (χ4n) is 1.97. The molecule has 1 aliphatic rings. The van der Waals surface area contributed by atoms with Gasteiger partial charge in [0.05, 0.1) is 29.0 Å². The molecule has 2 N–H and O–H groups in total. The summed E-state index contributed by atoms with van der Waals surface area (Å²) >= 11 is 12.4. The molecule has 24 heavy (non-hydrogen) atoms. The summed E-state index contributed by atoms with van der Waals surface area (Å²) in [6, 6.07) is 7.19. The predicted octanol–water partition coefficient (Wildman–Crippen LogP) is 3.40. The van der Waals surface area contributed by atoms with E-state index in [0.717, 1.165) is 18.2 Å². The van der Waals surface area contributed by atoms with E-state index in [-0.39, 0.29) is 0 Å². The molecule has 1 aromatic heterocycles. The lowest BCUT2D eigenvalue weighted by Crippen LogP contribution is -2.36. The average Bonchev–Trinajstić information content (AvgIpc) is 3.00. The van der Waals surface area contributed by atoms with Crippen LogP contribution in [0.15, 0.2) is 24.3 Å². The Balaban J connectivity index is 0.000000219. The second-order valence-electron chi connectivity index (χ2n) is 4.87. The minimum atomic E-state index is -0.505. The first kappa shape index (κ1) is 19.0. The Kier molecular flexibility index (Phi) is 7.26. The molecule has 0 aliphatic carbocycles. The van der Waals surface area contributed by atoms with Gasteiger partial charge in [0.1, 0.15) is 4.88 Å². The zero-order valence-corrected chi connectivity index (χ0v) is 15.3. The van der Waals surface area contributed by atoms with Crippen LogP contribution >= 0.6 is 34.5 Å². The number of benzene rings is 1. The summed E-state index contributed by atoms with van der Waals surface area (Å²) < 4.78 is 5.24. The van der Waals surface area contributed by atoms with Crippen LogP contribution in [0.3, 0.4) is 0 Å². The molecule has 2 aromatic rings. The number of rotatable bonds is 2. The van der Waals surface area contributed by atoms with Crippen molar-refractivity contribution in [2.24, 2.45) is 0 Å². The number of morpholine rings is 1. The molecule has 2 heterocycles. The van der Waals surface area contributed by atoms with Crippen molar-refractivity contribution in [3.8, 4) is 0 Å². The lowest BCUT2D eigenvalue weighted by molar-refractivity contribution is 0.0710. The monoisotopic (exact) mass is 389 g/mol. The number of halogens is 2. The third-order valence-electron chi connectivity index (χ3n) is 3.20. The largest absolute Gasteiger partial charge is 0.378 e. The number of amides is 1. The summed E-state index contributed by atoms with van der Waals surface area (Å²) in [7, 11) is 0. The Morgan fingerprint density at radius 3 is 2.38 bits per heavy atom.